The SMILES string of the molecule is Cc1cc(Oc2ccc3c(c2)c(N)cc(C)[n+]3C)nc(N)[n+]1C. The Kier molecular flexibility index (Phi) is 3.52. The van der Waals surface area contributed by atoms with Crippen molar-refractivity contribution in [2.45, 2.75) is 13.8 Å². The van der Waals surface area contributed by atoms with Crippen LogP contribution in [0, 0.1) is 13.8 Å². The van der Waals surface area contributed by atoms with Crippen LogP contribution in [-0.2, 0) is 14.1 Å². The normalized spacial score (nSPS) is 11.0. The molecule has 4 N–H and O–H groups in total. The maximum absolute atomic E-state index is 6.15. The second kappa shape index (κ2) is 5.39. The molecule has 0 radical (unpaired) electrons. The molecular formula is C17H21N5O+2. The van der Waals surface area contributed by atoms with Crippen LogP contribution in [0.1, 0.15) is 11.4 Å². The molecule has 0 spiro atoms. The molecule has 2 heterocycles. The molecule has 1 aromatic carbocycles. The fourth-order valence-corrected chi connectivity index (χ4v) is 2.54. The van der Waals surface area contributed by atoms with Crippen molar-refractivity contribution in [1.29, 1.82) is 0 Å². The number of aryl methyl sites for hydroxylation is 3. The number of ether oxygens (including phenoxy) is 1. The highest BCUT2D eigenvalue weighted by Crippen LogP contribution is 2.27. The van der Waals surface area contributed by atoms with E-state index in [1.165, 1.54) is 0 Å². The van der Waals surface area contributed by atoms with Crippen molar-refractivity contribution in [2.24, 2.45) is 14.1 Å². The molecule has 23 heavy (non-hydrogen) atoms. The summed E-state index contributed by atoms with van der Waals surface area (Å²) < 4.78 is 9.75. The van der Waals surface area contributed by atoms with E-state index in [-0.39, 0.29) is 0 Å². The van der Waals surface area contributed by atoms with Gasteiger partial charge in [0.25, 0.3) is 0 Å². The number of pyridine rings is 1. The quantitative estimate of drug-likeness (QED) is 0.702. The van der Waals surface area contributed by atoms with Crippen LogP contribution < -0.4 is 25.3 Å². The van der Waals surface area contributed by atoms with E-state index in [2.05, 4.69) is 9.55 Å². The zero-order valence-corrected chi connectivity index (χ0v) is 13.8. The third kappa shape index (κ3) is 2.63. The Morgan fingerprint density at radius 3 is 2.35 bits per heavy atom. The Bertz CT molecular complexity index is 897. The van der Waals surface area contributed by atoms with Crippen LogP contribution in [0.2, 0.25) is 0 Å². The first-order chi connectivity index (χ1) is 10.9. The van der Waals surface area contributed by atoms with E-state index in [9.17, 15) is 0 Å². The van der Waals surface area contributed by atoms with Gasteiger partial charge in [-0.15, -0.1) is 0 Å². The van der Waals surface area contributed by atoms with Crippen LogP contribution in [0.5, 0.6) is 11.6 Å². The van der Waals surface area contributed by atoms with Gasteiger partial charge in [0, 0.05) is 19.1 Å². The van der Waals surface area contributed by atoms with Crippen LogP contribution in [0.3, 0.4) is 0 Å². The molecule has 0 atom stereocenters. The first-order valence-electron chi connectivity index (χ1n) is 7.36. The Balaban J connectivity index is 2.05. The van der Waals surface area contributed by atoms with Crippen LogP contribution in [-0.4, -0.2) is 4.98 Å². The summed E-state index contributed by atoms with van der Waals surface area (Å²) >= 11 is 0. The summed E-state index contributed by atoms with van der Waals surface area (Å²) in [6.07, 6.45) is 0. The van der Waals surface area contributed by atoms with Gasteiger partial charge in [0.05, 0.1) is 29.9 Å². The molecule has 0 fully saturated rings. The molecule has 0 unspecified atom stereocenters. The van der Waals surface area contributed by atoms with Gasteiger partial charge < -0.3 is 10.5 Å². The van der Waals surface area contributed by atoms with Gasteiger partial charge in [0.15, 0.2) is 5.69 Å². The number of nitrogens with zero attached hydrogens (tertiary/aromatic N) is 3. The molecule has 0 saturated heterocycles. The molecule has 0 saturated carbocycles. The minimum Gasteiger partial charge on any atom is -0.426 e. The minimum atomic E-state index is 0.405. The molecule has 0 amide bonds. The molecule has 2 aromatic heterocycles. The van der Waals surface area contributed by atoms with Crippen LogP contribution in [0.4, 0.5) is 11.6 Å². The van der Waals surface area contributed by atoms with Crippen molar-refractivity contribution in [3.63, 3.8) is 0 Å². The first-order valence-corrected chi connectivity index (χ1v) is 7.36. The summed E-state index contributed by atoms with van der Waals surface area (Å²) in [5.74, 6) is 1.54. The highest BCUT2D eigenvalue weighted by atomic mass is 16.5. The lowest BCUT2D eigenvalue weighted by Gasteiger charge is -2.07. The second-order valence-electron chi connectivity index (χ2n) is 5.73. The Labute approximate surface area is 135 Å². The third-order valence-electron chi connectivity index (χ3n) is 4.19. The van der Waals surface area contributed by atoms with Gasteiger partial charge in [0.2, 0.25) is 5.52 Å². The molecule has 6 heteroatoms. The molecule has 0 aliphatic rings. The number of anilines is 2. The number of benzene rings is 1. The second-order valence-corrected chi connectivity index (χ2v) is 5.73. The van der Waals surface area contributed by atoms with Gasteiger partial charge in [-0.1, -0.05) is 0 Å². The fourth-order valence-electron chi connectivity index (χ4n) is 2.54. The minimum absolute atomic E-state index is 0.405. The highest BCUT2D eigenvalue weighted by molar-refractivity contribution is 5.89. The lowest BCUT2D eigenvalue weighted by atomic mass is 10.1. The number of nitrogen functional groups attached to an aromatic ring is 2. The van der Waals surface area contributed by atoms with E-state index < -0.39 is 0 Å². The number of hydrogen-bond acceptors (Lipinski definition) is 4. The third-order valence-corrected chi connectivity index (χ3v) is 4.19. The maximum Gasteiger partial charge on any atom is 0.392 e. The van der Waals surface area contributed by atoms with Crippen molar-refractivity contribution in [2.75, 3.05) is 11.5 Å². The van der Waals surface area contributed by atoms with Crippen LogP contribution in [0.15, 0.2) is 30.3 Å². The highest BCUT2D eigenvalue weighted by Gasteiger charge is 2.15. The molecule has 3 aromatic rings. The van der Waals surface area contributed by atoms with Gasteiger partial charge in [-0.25, -0.2) is 4.57 Å². The average molecular weight is 311 g/mol. The molecule has 3 rings (SSSR count). The van der Waals surface area contributed by atoms with Gasteiger partial charge in [0.1, 0.15) is 12.8 Å². The molecular weight excluding hydrogens is 290 g/mol. The van der Waals surface area contributed by atoms with E-state index in [0.29, 0.717) is 17.6 Å². The van der Waals surface area contributed by atoms with Crippen molar-refractivity contribution in [3.05, 3.63) is 41.7 Å². The van der Waals surface area contributed by atoms with Crippen molar-refractivity contribution in [1.82, 2.24) is 4.98 Å². The Hall–Kier alpha value is -2.89. The Morgan fingerprint density at radius 2 is 1.65 bits per heavy atom. The zero-order chi connectivity index (χ0) is 16.7. The lowest BCUT2D eigenvalue weighted by Crippen LogP contribution is -2.36. The molecule has 118 valence electrons. The standard InChI is InChI=1S/C17H19N5O/c1-10-7-14(18)13-9-12(5-6-15(13)21(10)3)23-16-8-11(2)22(4)17(19)20-16/h5-9,18-19H,1-4H3/p+2. The average Bonchev–Trinajstić information content (AvgIpc) is 2.50. The van der Waals surface area contributed by atoms with Gasteiger partial charge in [-0.2, -0.15) is 4.57 Å². The summed E-state index contributed by atoms with van der Waals surface area (Å²) in [5, 5.41) is 0.946. The zero-order valence-electron chi connectivity index (χ0n) is 13.8. The van der Waals surface area contributed by atoms with Crippen molar-refractivity contribution >= 4 is 22.5 Å². The summed E-state index contributed by atoms with van der Waals surface area (Å²) in [5.41, 5.74) is 15.9. The largest absolute Gasteiger partial charge is 0.426 e. The fraction of sp³-hybridized carbons (Fsp3) is 0.235. The monoisotopic (exact) mass is 311 g/mol. The van der Waals surface area contributed by atoms with E-state index in [4.69, 9.17) is 16.2 Å². The summed E-state index contributed by atoms with van der Waals surface area (Å²) in [4.78, 5) is 4.25. The first kappa shape index (κ1) is 15.0. The van der Waals surface area contributed by atoms with E-state index in [0.717, 1.165) is 28.0 Å². The topological polar surface area (TPSA) is 81.9 Å². The number of nitrogens with two attached hydrogens (primary N) is 2. The molecule has 0 bridgehead atoms. The van der Waals surface area contributed by atoms with E-state index in [1.54, 1.807) is 4.57 Å². The summed E-state index contributed by atoms with van der Waals surface area (Å²) in [6, 6.07) is 9.62. The molecule has 0 aliphatic carbocycles. The summed E-state index contributed by atoms with van der Waals surface area (Å²) in [7, 11) is 3.88. The molecule has 0 aliphatic heterocycles. The van der Waals surface area contributed by atoms with E-state index >= 15 is 0 Å². The van der Waals surface area contributed by atoms with Crippen LogP contribution >= 0.6 is 0 Å². The number of fused-ring (bicyclic) bond motifs is 1. The van der Waals surface area contributed by atoms with E-state index in [1.807, 2.05) is 58.3 Å². The molecule has 6 nitrogen and oxygen atoms in total. The maximum atomic E-state index is 6.15. The van der Waals surface area contributed by atoms with Gasteiger partial charge in [-0.05, 0) is 24.0 Å². The van der Waals surface area contributed by atoms with Crippen molar-refractivity contribution in [3.8, 4) is 11.6 Å². The van der Waals surface area contributed by atoms with Gasteiger partial charge in [-0.3, -0.25) is 5.73 Å². The number of aromatic nitrogens is 3. The number of rotatable bonds is 2. The lowest BCUT2D eigenvalue weighted by molar-refractivity contribution is -0.665. The predicted octanol–water partition coefficient (Wildman–Crippen LogP) is 1.46. The Morgan fingerprint density at radius 1 is 0.957 bits per heavy atom. The smallest absolute Gasteiger partial charge is 0.392 e. The summed E-state index contributed by atoms with van der Waals surface area (Å²) in [6.45, 7) is 3.98. The van der Waals surface area contributed by atoms with Crippen LogP contribution in [0.25, 0.3) is 10.9 Å². The predicted molar refractivity (Wildman–Crippen MR) is 88.9 cm³/mol. The number of hydrogen-bond donors (Lipinski definition) is 2. The van der Waals surface area contributed by atoms with Crippen molar-refractivity contribution < 1.29 is 13.9 Å². The van der Waals surface area contributed by atoms with Gasteiger partial charge >= 0.3 is 11.8 Å².